The maximum absolute atomic E-state index is 12.7. The van der Waals surface area contributed by atoms with Gasteiger partial charge in [-0.2, -0.15) is 0 Å². The van der Waals surface area contributed by atoms with Crippen LogP contribution in [0.3, 0.4) is 0 Å². The average molecular weight is 261 g/mol. The van der Waals surface area contributed by atoms with Crippen LogP contribution in [-0.2, 0) is 0 Å². The van der Waals surface area contributed by atoms with Crippen molar-refractivity contribution >= 4 is 5.78 Å². The molecule has 0 radical (unpaired) electrons. The minimum atomic E-state index is -0.155. The van der Waals surface area contributed by atoms with Crippen molar-refractivity contribution in [3.8, 4) is 5.75 Å². The summed E-state index contributed by atoms with van der Waals surface area (Å²) < 4.78 is 5.62. The van der Waals surface area contributed by atoms with Crippen LogP contribution in [-0.4, -0.2) is 16.9 Å². The summed E-state index contributed by atoms with van der Waals surface area (Å²) in [5.74, 6) is 0.930. The van der Waals surface area contributed by atoms with Crippen LogP contribution in [0, 0.1) is 5.41 Å². The van der Waals surface area contributed by atoms with Crippen LogP contribution in [0.1, 0.15) is 63.2 Å². The van der Waals surface area contributed by atoms with E-state index in [-0.39, 0.29) is 17.3 Å². The number of aromatic nitrogens is 1. The lowest BCUT2D eigenvalue weighted by molar-refractivity contribution is 0.0790. The highest BCUT2D eigenvalue weighted by molar-refractivity contribution is 6.00. The molecule has 0 aromatic carbocycles. The molecule has 1 fully saturated rings. The van der Waals surface area contributed by atoms with E-state index in [1.54, 1.807) is 12.4 Å². The van der Waals surface area contributed by atoms with Gasteiger partial charge >= 0.3 is 0 Å². The molecule has 1 aromatic rings. The van der Waals surface area contributed by atoms with Gasteiger partial charge in [0.15, 0.2) is 5.78 Å². The van der Waals surface area contributed by atoms with Gasteiger partial charge in [-0.3, -0.25) is 9.78 Å². The van der Waals surface area contributed by atoms with Crippen molar-refractivity contribution < 1.29 is 9.53 Å². The molecule has 0 atom stereocenters. The third kappa shape index (κ3) is 2.96. The van der Waals surface area contributed by atoms with Crippen LogP contribution in [0.2, 0.25) is 0 Å². The second kappa shape index (κ2) is 5.72. The number of pyridine rings is 1. The predicted molar refractivity (Wildman–Crippen MR) is 75.5 cm³/mol. The van der Waals surface area contributed by atoms with Crippen molar-refractivity contribution in [3.63, 3.8) is 0 Å². The molecule has 3 nitrogen and oxygen atoms in total. The fraction of sp³-hybridized carbons (Fsp3) is 0.625. The highest BCUT2D eigenvalue weighted by Gasteiger charge is 2.39. The van der Waals surface area contributed by atoms with Crippen molar-refractivity contribution in [2.75, 3.05) is 0 Å². The van der Waals surface area contributed by atoms with E-state index in [0.717, 1.165) is 32.1 Å². The molecule has 3 heteroatoms. The molecular weight excluding hydrogens is 238 g/mol. The molecule has 1 aliphatic rings. The predicted octanol–water partition coefficient (Wildman–Crippen LogP) is 4.02. The Morgan fingerprint density at radius 3 is 2.63 bits per heavy atom. The SMILES string of the molecule is CCC1(C(=O)c2cncc(OC(C)C)c2)CCCC1. The van der Waals surface area contributed by atoms with E-state index in [0.29, 0.717) is 11.3 Å². The summed E-state index contributed by atoms with van der Waals surface area (Å²) >= 11 is 0. The summed E-state index contributed by atoms with van der Waals surface area (Å²) in [6.07, 6.45) is 8.70. The number of hydrogen-bond donors (Lipinski definition) is 0. The Hall–Kier alpha value is -1.38. The minimum absolute atomic E-state index is 0.0961. The largest absolute Gasteiger partial charge is 0.489 e. The third-order valence-corrected chi connectivity index (χ3v) is 4.07. The monoisotopic (exact) mass is 261 g/mol. The molecular formula is C16H23NO2. The van der Waals surface area contributed by atoms with Crippen LogP contribution < -0.4 is 4.74 Å². The van der Waals surface area contributed by atoms with Gasteiger partial charge in [0, 0.05) is 17.2 Å². The zero-order valence-corrected chi connectivity index (χ0v) is 12.1. The first-order valence-electron chi connectivity index (χ1n) is 7.24. The van der Waals surface area contributed by atoms with E-state index in [1.807, 2.05) is 19.9 Å². The Kier molecular flexibility index (Phi) is 4.23. The number of carbonyl (C=O) groups excluding carboxylic acids is 1. The van der Waals surface area contributed by atoms with Gasteiger partial charge in [-0.1, -0.05) is 19.8 Å². The molecule has 0 spiro atoms. The fourth-order valence-electron chi connectivity index (χ4n) is 2.98. The summed E-state index contributed by atoms with van der Waals surface area (Å²) in [5.41, 5.74) is 0.542. The number of hydrogen-bond acceptors (Lipinski definition) is 3. The molecule has 0 aliphatic heterocycles. The second-order valence-corrected chi connectivity index (χ2v) is 5.75. The van der Waals surface area contributed by atoms with E-state index in [4.69, 9.17) is 4.74 Å². The van der Waals surface area contributed by atoms with Gasteiger partial charge in [-0.15, -0.1) is 0 Å². The molecule has 1 aliphatic carbocycles. The highest BCUT2D eigenvalue weighted by atomic mass is 16.5. The first kappa shape index (κ1) is 14.0. The number of ketones is 1. The van der Waals surface area contributed by atoms with Crippen molar-refractivity contribution in [1.29, 1.82) is 0 Å². The summed E-state index contributed by atoms with van der Waals surface area (Å²) in [4.78, 5) is 16.9. The van der Waals surface area contributed by atoms with Gasteiger partial charge in [-0.25, -0.2) is 0 Å². The molecule has 1 heterocycles. The molecule has 0 N–H and O–H groups in total. The van der Waals surface area contributed by atoms with Gasteiger partial charge in [0.2, 0.25) is 0 Å². The van der Waals surface area contributed by atoms with Gasteiger partial charge in [0.25, 0.3) is 0 Å². The average Bonchev–Trinajstić information content (AvgIpc) is 2.87. The lowest BCUT2D eigenvalue weighted by Crippen LogP contribution is -2.27. The summed E-state index contributed by atoms with van der Waals surface area (Å²) in [5, 5.41) is 0. The van der Waals surface area contributed by atoms with Crippen molar-refractivity contribution in [1.82, 2.24) is 4.98 Å². The number of rotatable bonds is 5. The van der Waals surface area contributed by atoms with Crippen LogP contribution in [0.4, 0.5) is 0 Å². The second-order valence-electron chi connectivity index (χ2n) is 5.75. The van der Waals surface area contributed by atoms with Crippen molar-refractivity contribution in [3.05, 3.63) is 24.0 Å². The molecule has 0 saturated heterocycles. The minimum Gasteiger partial charge on any atom is -0.489 e. The smallest absolute Gasteiger partial charge is 0.170 e. The van der Waals surface area contributed by atoms with Crippen LogP contribution in [0.15, 0.2) is 18.5 Å². The van der Waals surface area contributed by atoms with Crippen LogP contribution >= 0.6 is 0 Å². The summed E-state index contributed by atoms with van der Waals surface area (Å²) in [6, 6.07) is 1.84. The third-order valence-electron chi connectivity index (χ3n) is 4.07. The number of ether oxygens (including phenoxy) is 1. The fourth-order valence-corrected chi connectivity index (χ4v) is 2.98. The van der Waals surface area contributed by atoms with E-state index in [1.165, 1.54) is 0 Å². The van der Waals surface area contributed by atoms with Crippen LogP contribution in [0.5, 0.6) is 5.75 Å². The molecule has 104 valence electrons. The number of Topliss-reactive ketones (excluding diaryl/α,β-unsaturated/α-hetero) is 1. The lowest BCUT2D eigenvalue weighted by Gasteiger charge is -2.25. The number of carbonyl (C=O) groups is 1. The normalized spacial score (nSPS) is 17.7. The molecule has 1 saturated carbocycles. The highest BCUT2D eigenvalue weighted by Crippen LogP contribution is 2.43. The summed E-state index contributed by atoms with van der Waals surface area (Å²) in [6.45, 7) is 6.06. The Morgan fingerprint density at radius 2 is 2.05 bits per heavy atom. The zero-order chi connectivity index (χ0) is 13.9. The Balaban J connectivity index is 2.23. The van der Waals surface area contributed by atoms with Crippen molar-refractivity contribution in [2.24, 2.45) is 5.41 Å². The Labute approximate surface area is 115 Å². The molecule has 1 aromatic heterocycles. The zero-order valence-electron chi connectivity index (χ0n) is 12.1. The number of nitrogens with zero attached hydrogens (tertiary/aromatic N) is 1. The molecule has 19 heavy (non-hydrogen) atoms. The molecule has 0 bridgehead atoms. The van der Waals surface area contributed by atoms with E-state index in [2.05, 4.69) is 11.9 Å². The standard InChI is InChI=1S/C16H23NO2/c1-4-16(7-5-6-8-16)15(18)13-9-14(11-17-10-13)19-12(2)3/h9-12H,4-8H2,1-3H3. The van der Waals surface area contributed by atoms with Gasteiger partial charge in [-0.05, 0) is 39.2 Å². The van der Waals surface area contributed by atoms with E-state index >= 15 is 0 Å². The van der Waals surface area contributed by atoms with E-state index in [9.17, 15) is 4.79 Å². The topological polar surface area (TPSA) is 39.2 Å². The first-order valence-corrected chi connectivity index (χ1v) is 7.24. The van der Waals surface area contributed by atoms with Gasteiger partial charge in [0.1, 0.15) is 5.75 Å². The maximum atomic E-state index is 12.7. The Bertz CT molecular complexity index is 448. The van der Waals surface area contributed by atoms with Gasteiger partial charge in [0.05, 0.1) is 12.3 Å². The van der Waals surface area contributed by atoms with Crippen molar-refractivity contribution in [2.45, 2.75) is 59.0 Å². The molecule has 2 rings (SSSR count). The Morgan fingerprint density at radius 1 is 1.37 bits per heavy atom. The molecule has 0 unspecified atom stereocenters. The maximum Gasteiger partial charge on any atom is 0.170 e. The molecule has 0 amide bonds. The first-order chi connectivity index (χ1) is 9.07. The quantitative estimate of drug-likeness (QED) is 0.751. The lowest BCUT2D eigenvalue weighted by atomic mass is 9.77. The summed E-state index contributed by atoms with van der Waals surface area (Å²) in [7, 11) is 0. The van der Waals surface area contributed by atoms with Gasteiger partial charge < -0.3 is 4.74 Å². The van der Waals surface area contributed by atoms with Crippen LogP contribution in [0.25, 0.3) is 0 Å². The van der Waals surface area contributed by atoms with E-state index < -0.39 is 0 Å².